The number of aromatic nitrogens is 3. The van der Waals surface area contributed by atoms with E-state index in [1.165, 1.54) is 12.1 Å². The van der Waals surface area contributed by atoms with E-state index in [1.54, 1.807) is 29.1 Å². The molecule has 0 aliphatic rings. The first kappa shape index (κ1) is 14.1. The van der Waals surface area contributed by atoms with Crippen LogP contribution in [0, 0.1) is 12.7 Å². The molecule has 0 saturated heterocycles. The van der Waals surface area contributed by atoms with E-state index in [0.29, 0.717) is 11.4 Å². The Kier molecular flexibility index (Phi) is 3.50. The number of hydrogen-bond acceptors (Lipinski definition) is 4. The van der Waals surface area contributed by atoms with Crippen LogP contribution in [-0.2, 0) is 7.05 Å². The first-order chi connectivity index (χ1) is 10.5. The first-order valence-corrected chi connectivity index (χ1v) is 6.72. The van der Waals surface area contributed by atoms with Gasteiger partial charge < -0.3 is 10.5 Å². The van der Waals surface area contributed by atoms with Crippen LogP contribution in [-0.4, -0.2) is 14.8 Å². The van der Waals surface area contributed by atoms with Crippen molar-refractivity contribution in [2.24, 2.45) is 7.05 Å². The standard InChI is InChI=1S/C16H15FN4O/c1-10-13(9-21(2)20-10)15-8-12(5-6-19-15)22-16-4-3-11(18)7-14(16)17/h3-9H,18H2,1-2H3. The Labute approximate surface area is 127 Å². The van der Waals surface area contributed by atoms with Gasteiger partial charge in [0.15, 0.2) is 11.6 Å². The van der Waals surface area contributed by atoms with Gasteiger partial charge in [-0.15, -0.1) is 0 Å². The van der Waals surface area contributed by atoms with Crippen molar-refractivity contribution in [3.63, 3.8) is 0 Å². The second-order valence-corrected chi connectivity index (χ2v) is 4.97. The van der Waals surface area contributed by atoms with Gasteiger partial charge in [-0.1, -0.05) is 0 Å². The number of nitrogen functional groups attached to an aromatic ring is 1. The summed E-state index contributed by atoms with van der Waals surface area (Å²) in [5.74, 6) is 0.113. The van der Waals surface area contributed by atoms with Crippen LogP contribution in [0.15, 0.2) is 42.7 Å². The summed E-state index contributed by atoms with van der Waals surface area (Å²) in [5, 5.41) is 4.29. The van der Waals surface area contributed by atoms with E-state index < -0.39 is 5.82 Å². The minimum Gasteiger partial charge on any atom is -0.454 e. The van der Waals surface area contributed by atoms with Gasteiger partial charge in [0, 0.05) is 42.8 Å². The first-order valence-electron chi connectivity index (χ1n) is 6.72. The molecule has 3 aromatic rings. The average molecular weight is 298 g/mol. The number of ether oxygens (including phenoxy) is 1. The Hall–Kier alpha value is -2.89. The molecule has 2 aromatic heterocycles. The van der Waals surface area contributed by atoms with Crippen LogP contribution in [0.25, 0.3) is 11.3 Å². The maximum Gasteiger partial charge on any atom is 0.167 e. The van der Waals surface area contributed by atoms with Gasteiger partial charge in [-0.05, 0) is 25.1 Å². The van der Waals surface area contributed by atoms with Crippen molar-refractivity contribution >= 4 is 5.69 Å². The molecule has 0 atom stereocenters. The molecule has 2 heterocycles. The topological polar surface area (TPSA) is 66.0 Å². The molecule has 5 nitrogen and oxygen atoms in total. The Morgan fingerprint density at radius 1 is 1.23 bits per heavy atom. The maximum absolute atomic E-state index is 13.8. The van der Waals surface area contributed by atoms with E-state index in [1.807, 2.05) is 20.2 Å². The van der Waals surface area contributed by atoms with Gasteiger partial charge in [0.2, 0.25) is 0 Å². The number of aryl methyl sites for hydroxylation is 2. The average Bonchev–Trinajstić information content (AvgIpc) is 2.81. The van der Waals surface area contributed by atoms with Crippen LogP contribution in [0.3, 0.4) is 0 Å². The predicted molar refractivity (Wildman–Crippen MR) is 82.1 cm³/mol. The van der Waals surface area contributed by atoms with Gasteiger partial charge >= 0.3 is 0 Å². The van der Waals surface area contributed by atoms with Gasteiger partial charge in [-0.3, -0.25) is 9.67 Å². The van der Waals surface area contributed by atoms with Gasteiger partial charge in [-0.2, -0.15) is 5.10 Å². The summed E-state index contributed by atoms with van der Waals surface area (Å²) in [6, 6.07) is 7.74. The van der Waals surface area contributed by atoms with E-state index in [-0.39, 0.29) is 5.75 Å². The van der Waals surface area contributed by atoms with Gasteiger partial charge in [0.05, 0.1) is 11.4 Å². The molecule has 0 fully saturated rings. The van der Waals surface area contributed by atoms with Crippen molar-refractivity contribution in [1.82, 2.24) is 14.8 Å². The third kappa shape index (κ3) is 2.76. The number of hydrogen-bond donors (Lipinski definition) is 1. The fourth-order valence-electron chi connectivity index (χ4n) is 2.20. The highest BCUT2D eigenvalue weighted by Gasteiger charge is 2.10. The summed E-state index contributed by atoms with van der Waals surface area (Å²) in [4.78, 5) is 4.31. The highest BCUT2D eigenvalue weighted by Crippen LogP contribution is 2.29. The second kappa shape index (κ2) is 5.48. The lowest BCUT2D eigenvalue weighted by Crippen LogP contribution is -1.92. The van der Waals surface area contributed by atoms with E-state index in [2.05, 4.69) is 10.1 Å². The van der Waals surface area contributed by atoms with Gasteiger partial charge in [0.1, 0.15) is 5.75 Å². The molecule has 0 unspecified atom stereocenters. The number of pyridine rings is 1. The Bertz CT molecular complexity index is 829. The summed E-state index contributed by atoms with van der Waals surface area (Å²) in [6.07, 6.45) is 3.50. The number of anilines is 1. The zero-order valence-corrected chi connectivity index (χ0v) is 12.2. The molecule has 0 aliphatic heterocycles. The molecule has 1 aromatic carbocycles. The van der Waals surface area contributed by atoms with Gasteiger partial charge in [0.25, 0.3) is 0 Å². The van der Waals surface area contributed by atoms with E-state index in [4.69, 9.17) is 10.5 Å². The van der Waals surface area contributed by atoms with Crippen LogP contribution in [0.4, 0.5) is 10.1 Å². The number of nitrogens with two attached hydrogens (primary N) is 1. The summed E-state index contributed by atoms with van der Waals surface area (Å²) in [7, 11) is 1.85. The van der Waals surface area contributed by atoms with E-state index in [0.717, 1.165) is 17.0 Å². The zero-order valence-electron chi connectivity index (χ0n) is 12.2. The third-order valence-electron chi connectivity index (χ3n) is 3.20. The lowest BCUT2D eigenvalue weighted by molar-refractivity contribution is 0.442. The molecular formula is C16H15FN4O. The fraction of sp³-hybridized carbons (Fsp3) is 0.125. The molecule has 0 aliphatic carbocycles. The lowest BCUT2D eigenvalue weighted by atomic mass is 10.2. The molecule has 112 valence electrons. The Balaban J connectivity index is 1.93. The van der Waals surface area contributed by atoms with Crippen molar-refractivity contribution in [1.29, 1.82) is 0 Å². The summed E-state index contributed by atoms with van der Waals surface area (Å²) in [5.41, 5.74) is 8.37. The fourth-order valence-corrected chi connectivity index (χ4v) is 2.20. The van der Waals surface area contributed by atoms with Crippen LogP contribution in [0.2, 0.25) is 0 Å². The van der Waals surface area contributed by atoms with Gasteiger partial charge in [-0.25, -0.2) is 4.39 Å². The van der Waals surface area contributed by atoms with Crippen LogP contribution in [0.1, 0.15) is 5.69 Å². The SMILES string of the molecule is Cc1nn(C)cc1-c1cc(Oc2ccc(N)cc2F)ccn1. The normalized spacial score (nSPS) is 10.7. The van der Waals surface area contributed by atoms with Crippen molar-refractivity contribution in [2.45, 2.75) is 6.92 Å². The van der Waals surface area contributed by atoms with Crippen LogP contribution < -0.4 is 10.5 Å². The van der Waals surface area contributed by atoms with Crippen molar-refractivity contribution in [2.75, 3.05) is 5.73 Å². The lowest BCUT2D eigenvalue weighted by Gasteiger charge is -2.08. The highest BCUT2D eigenvalue weighted by molar-refractivity contribution is 5.62. The number of rotatable bonds is 3. The Morgan fingerprint density at radius 3 is 2.73 bits per heavy atom. The van der Waals surface area contributed by atoms with Crippen molar-refractivity contribution < 1.29 is 9.13 Å². The molecule has 2 N–H and O–H groups in total. The molecule has 0 amide bonds. The van der Waals surface area contributed by atoms with Crippen molar-refractivity contribution in [3.05, 3.63) is 54.2 Å². The van der Waals surface area contributed by atoms with E-state index in [9.17, 15) is 4.39 Å². The monoisotopic (exact) mass is 298 g/mol. The smallest absolute Gasteiger partial charge is 0.167 e. The molecule has 0 spiro atoms. The second-order valence-electron chi connectivity index (χ2n) is 4.97. The Morgan fingerprint density at radius 2 is 2.05 bits per heavy atom. The largest absolute Gasteiger partial charge is 0.454 e. The molecule has 6 heteroatoms. The van der Waals surface area contributed by atoms with Crippen LogP contribution >= 0.6 is 0 Å². The quantitative estimate of drug-likeness (QED) is 0.753. The number of nitrogens with zero attached hydrogens (tertiary/aromatic N) is 3. The molecule has 0 radical (unpaired) electrons. The van der Waals surface area contributed by atoms with Crippen LogP contribution in [0.5, 0.6) is 11.5 Å². The maximum atomic E-state index is 13.8. The zero-order chi connectivity index (χ0) is 15.7. The third-order valence-corrected chi connectivity index (χ3v) is 3.20. The number of benzene rings is 1. The van der Waals surface area contributed by atoms with Crippen molar-refractivity contribution in [3.8, 4) is 22.8 Å². The molecular weight excluding hydrogens is 283 g/mol. The highest BCUT2D eigenvalue weighted by atomic mass is 19.1. The summed E-state index contributed by atoms with van der Waals surface area (Å²) < 4.78 is 21.1. The molecule has 22 heavy (non-hydrogen) atoms. The van der Waals surface area contributed by atoms with E-state index >= 15 is 0 Å². The summed E-state index contributed by atoms with van der Waals surface area (Å²) >= 11 is 0. The molecule has 3 rings (SSSR count). The summed E-state index contributed by atoms with van der Waals surface area (Å²) in [6.45, 7) is 1.91. The molecule has 0 bridgehead atoms. The minimum absolute atomic E-state index is 0.120. The predicted octanol–water partition coefficient (Wildman–Crippen LogP) is 3.30. The molecule has 0 saturated carbocycles. The minimum atomic E-state index is -0.504. The number of halogens is 1.